The minimum atomic E-state index is -0.690. The van der Waals surface area contributed by atoms with E-state index in [1.165, 1.54) is 0 Å². The molecule has 1 atom stereocenters. The molecule has 0 bridgehead atoms. The van der Waals surface area contributed by atoms with Gasteiger partial charge in [0.25, 0.3) is 11.9 Å². The molecule has 142 valence electrons. The molecule has 1 aromatic heterocycles. The number of carbonyl (C=O) groups excluding carboxylic acids is 1. The lowest BCUT2D eigenvalue weighted by molar-refractivity contribution is -0.122. The number of pyridine rings is 1. The second kappa shape index (κ2) is 8.12. The highest BCUT2D eigenvalue weighted by Gasteiger charge is 2.28. The molecule has 0 spiro atoms. The third kappa shape index (κ3) is 4.22. The van der Waals surface area contributed by atoms with Gasteiger partial charge in [0.1, 0.15) is 5.84 Å². The molecule has 1 amide bonds. The van der Waals surface area contributed by atoms with E-state index in [4.69, 9.17) is 4.74 Å². The third-order valence-electron chi connectivity index (χ3n) is 4.42. The summed E-state index contributed by atoms with van der Waals surface area (Å²) in [5, 5.41) is 9.20. The van der Waals surface area contributed by atoms with Crippen LogP contribution in [0.25, 0.3) is 0 Å². The summed E-state index contributed by atoms with van der Waals surface area (Å²) < 4.78 is 5.62. The van der Waals surface area contributed by atoms with Crippen LogP contribution >= 0.6 is 0 Å². The zero-order valence-corrected chi connectivity index (χ0v) is 14.9. The second-order valence-corrected chi connectivity index (χ2v) is 6.30. The van der Waals surface area contributed by atoms with Gasteiger partial charge in [0.2, 0.25) is 0 Å². The van der Waals surface area contributed by atoms with Crippen LogP contribution in [0.3, 0.4) is 0 Å². The Morgan fingerprint density at radius 3 is 2.96 bits per heavy atom. The number of carbonyl (C=O) groups is 1. The fourth-order valence-corrected chi connectivity index (χ4v) is 3.06. The highest BCUT2D eigenvalue weighted by molar-refractivity contribution is 6.33. The number of anilines is 2. The normalized spacial score (nSPS) is 21.9. The maximum absolute atomic E-state index is 12.6. The number of ether oxygens (including phenoxy) is 1. The first-order chi connectivity index (χ1) is 13.3. The molecule has 3 aliphatic rings. The minimum absolute atomic E-state index is 0.251. The Morgan fingerprint density at radius 1 is 1.26 bits per heavy atom. The molecule has 1 unspecified atom stereocenters. The van der Waals surface area contributed by atoms with Gasteiger partial charge in [-0.1, -0.05) is 0 Å². The number of aromatic nitrogens is 1. The summed E-state index contributed by atoms with van der Waals surface area (Å²) >= 11 is 0. The van der Waals surface area contributed by atoms with Crippen LogP contribution in [-0.2, 0) is 9.53 Å². The third-order valence-corrected chi connectivity index (χ3v) is 4.42. The van der Waals surface area contributed by atoms with Crippen molar-refractivity contribution in [2.24, 2.45) is 15.0 Å². The molecule has 3 aliphatic heterocycles. The molecule has 0 radical (unpaired) electrons. The molecule has 0 aromatic carbocycles. The van der Waals surface area contributed by atoms with Crippen molar-refractivity contribution in [3.63, 3.8) is 0 Å². The Bertz CT molecular complexity index is 785. The van der Waals surface area contributed by atoms with E-state index in [1.807, 2.05) is 6.07 Å². The first-order valence-electron chi connectivity index (χ1n) is 9.02. The summed E-state index contributed by atoms with van der Waals surface area (Å²) in [5.41, 5.74) is 1.64. The lowest BCUT2D eigenvalue weighted by Gasteiger charge is -2.31. The van der Waals surface area contributed by atoms with E-state index in [0.717, 1.165) is 31.9 Å². The number of amides is 1. The van der Waals surface area contributed by atoms with Crippen LogP contribution < -0.4 is 20.9 Å². The number of hydrogen-bond acceptors (Lipinski definition) is 9. The maximum Gasteiger partial charge on any atom is 0.291 e. The van der Waals surface area contributed by atoms with Crippen LogP contribution in [0.1, 0.15) is 0 Å². The Morgan fingerprint density at radius 2 is 2.15 bits per heavy atom. The van der Waals surface area contributed by atoms with Crippen LogP contribution in [0.2, 0.25) is 0 Å². The molecule has 27 heavy (non-hydrogen) atoms. The Labute approximate surface area is 156 Å². The van der Waals surface area contributed by atoms with Gasteiger partial charge in [-0.3, -0.25) is 25.1 Å². The van der Waals surface area contributed by atoms with Crippen LogP contribution in [0, 0.1) is 0 Å². The predicted octanol–water partition coefficient (Wildman–Crippen LogP) is -0.743. The summed E-state index contributed by atoms with van der Waals surface area (Å²) in [6, 6.07) is 2.20. The zero-order chi connectivity index (χ0) is 18.5. The van der Waals surface area contributed by atoms with Gasteiger partial charge >= 0.3 is 0 Å². The molecule has 1 aromatic rings. The Kier molecular flexibility index (Phi) is 5.24. The van der Waals surface area contributed by atoms with E-state index in [0.29, 0.717) is 24.6 Å². The quantitative estimate of drug-likeness (QED) is 0.645. The van der Waals surface area contributed by atoms with Gasteiger partial charge in [-0.2, -0.15) is 0 Å². The lowest BCUT2D eigenvalue weighted by Crippen LogP contribution is -2.44. The van der Waals surface area contributed by atoms with Gasteiger partial charge in [-0.25, -0.2) is 4.99 Å². The Balaban J connectivity index is 1.36. The van der Waals surface area contributed by atoms with Crippen molar-refractivity contribution in [3.8, 4) is 0 Å². The van der Waals surface area contributed by atoms with Crippen LogP contribution in [0.4, 0.5) is 11.4 Å². The largest absolute Gasteiger partial charge is 0.450 e. The number of rotatable bonds is 3. The van der Waals surface area contributed by atoms with Gasteiger partial charge < -0.3 is 20.3 Å². The van der Waals surface area contributed by atoms with E-state index in [1.54, 1.807) is 18.6 Å². The molecule has 1 saturated heterocycles. The van der Waals surface area contributed by atoms with Crippen LogP contribution in [0.15, 0.2) is 33.4 Å². The number of amidine groups is 2. The number of aliphatic imine (C=N–C) groups is 3. The molecular weight excluding hydrogens is 348 g/mol. The summed E-state index contributed by atoms with van der Waals surface area (Å²) in [7, 11) is 0. The van der Waals surface area contributed by atoms with Crippen molar-refractivity contribution in [2.75, 3.05) is 56.0 Å². The number of nitrogens with zero attached hydrogens (tertiary/aromatic N) is 5. The lowest BCUT2D eigenvalue weighted by atomic mass is 10.2. The Hall–Kier alpha value is -3.01. The molecule has 10 heteroatoms. The molecular formula is C17H22N8O2. The zero-order valence-electron chi connectivity index (χ0n) is 14.9. The van der Waals surface area contributed by atoms with Gasteiger partial charge in [0.15, 0.2) is 6.10 Å². The average molecular weight is 370 g/mol. The van der Waals surface area contributed by atoms with Gasteiger partial charge in [-0.05, 0) is 6.07 Å². The van der Waals surface area contributed by atoms with Crippen molar-refractivity contribution in [2.45, 2.75) is 6.10 Å². The van der Waals surface area contributed by atoms with Crippen LogP contribution in [0.5, 0.6) is 0 Å². The molecule has 10 nitrogen and oxygen atoms in total. The van der Waals surface area contributed by atoms with E-state index >= 15 is 0 Å². The first kappa shape index (κ1) is 17.4. The number of nitrogens with one attached hydrogen (secondary N) is 3. The van der Waals surface area contributed by atoms with E-state index in [2.05, 4.69) is 40.8 Å². The van der Waals surface area contributed by atoms with Crippen molar-refractivity contribution in [1.29, 1.82) is 0 Å². The second-order valence-electron chi connectivity index (χ2n) is 6.30. The van der Waals surface area contributed by atoms with Crippen molar-refractivity contribution in [3.05, 3.63) is 18.5 Å². The van der Waals surface area contributed by atoms with Crippen molar-refractivity contribution < 1.29 is 9.53 Å². The number of hydrogen-bond donors (Lipinski definition) is 3. The first-order valence-corrected chi connectivity index (χ1v) is 9.02. The fourth-order valence-electron chi connectivity index (χ4n) is 3.06. The number of piperazine rings is 1. The monoisotopic (exact) mass is 370 g/mol. The van der Waals surface area contributed by atoms with E-state index in [-0.39, 0.29) is 18.5 Å². The molecule has 1 fully saturated rings. The molecule has 4 heterocycles. The van der Waals surface area contributed by atoms with E-state index < -0.39 is 6.10 Å². The van der Waals surface area contributed by atoms with Gasteiger partial charge in [-0.15, -0.1) is 0 Å². The standard InChI is InChI=1S/C17H22N8O2/c26-16(14-10-22-17(27-14)24-15-11-20-3-4-21-15)23-12-9-19-2-1-13(12)25-7-5-18-6-8-25/h1-2,9,11,14,18H,3-8,10H2,(H,23,26)(H,21,22,24). The highest BCUT2D eigenvalue weighted by atomic mass is 16.5. The van der Waals surface area contributed by atoms with Gasteiger partial charge in [0.05, 0.1) is 43.4 Å². The molecule has 0 aliphatic carbocycles. The summed E-state index contributed by atoms with van der Waals surface area (Å²) in [5.74, 6) is 0.341. The van der Waals surface area contributed by atoms with Gasteiger partial charge in [0, 0.05) is 32.4 Å². The minimum Gasteiger partial charge on any atom is -0.450 e. The molecule has 3 N–H and O–H groups in total. The molecule has 0 saturated carbocycles. The van der Waals surface area contributed by atoms with E-state index in [9.17, 15) is 4.79 Å². The summed E-state index contributed by atoms with van der Waals surface area (Å²) in [4.78, 5) is 31.6. The van der Waals surface area contributed by atoms with Crippen LogP contribution in [-0.4, -0.2) is 80.9 Å². The predicted molar refractivity (Wildman–Crippen MR) is 104 cm³/mol. The topological polar surface area (TPSA) is 116 Å². The highest BCUT2D eigenvalue weighted by Crippen LogP contribution is 2.25. The van der Waals surface area contributed by atoms with Crippen molar-refractivity contribution >= 4 is 35.4 Å². The SMILES string of the molecule is O=C(Nc1cnccc1N1CCNCC1)C1CN=C(NC2=NCCN=C2)O1. The molecule has 4 rings (SSSR count). The van der Waals surface area contributed by atoms with Crippen molar-refractivity contribution in [1.82, 2.24) is 15.6 Å². The average Bonchev–Trinajstić information content (AvgIpc) is 3.18. The summed E-state index contributed by atoms with van der Waals surface area (Å²) in [6.07, 6.45) is 4.34. The fraction of sp³-hybridized carbons (Fsp3) is 0.471. The smallest absolute Gasteiger partial charge is 0.291 e. The summed E-state index contributed by atoms with van der Waals surface area (Å²) in [6.45, 7) is 5.16. The maximum atomic E-state index is 12.6.